The molecule has 2 N–H and O–H groups in total. The fraction of sp³-hybridized carbons (Fsp3) is 0.480. The minimum absolute atomic E-state index is 0.0758. The average Bonchev–Trinajstić information content (AvgIpc) is 3.63. The molecule has 3 aromatic heterocycles. The van der Waals surface area contributed by atoms with Crippen LogP contribution in [0.1, 0.15) is 37.9 Å². The molecular formula is C25H29N7O5S. The molecule has 1 atom stereocenters. The number of likely N-dealkylation sites (N-methyl/N-ethyl adjacent to an activating group) is 1. The number of rotatable bonds is 7. The number of nitrogens with one attached hydrogen (secondary N) is 1. The highest BCUT2D eigenvalue weighted by molar-refractivity contribution is 7.90. The van der Waals surface area contributed by atoms with Gasteiger partial charge in [-0.1, -0.05) is 11.2 Å². The second-order valence-electron chi connectivity index (χ2n) is 10.1. The molecule has 2 saturated heterocycles. The lowest BCUT2D eigenvalue weighted by Gasteiger charge is -2.31. The van der Waals surface area contributed by atoms with E-state index in [-0.39, 0.29) is 23.5 Å². The Morgan fingerprint density at radius 3 is 2.42 bits per heavy atom. The number of anilines is 1. The second-order valence-corrected chi connectivity index (χ2v) is 12.4. The van der Waals surface area contributed by atoms with Crippen molar-refractivity contribution in [3.63, 3.8) is 0 Å². The lowest BCUT2D eigenvalue weighted by molar-refractivity contribution is -0.144. The molecule has 1 aliphatic carbocycles. The van der Waals surface area contributed by atoms with E-state index in [0.29, 0.717) is 61.2 Å². The number of likely N-dealkylation sites (tertiary alicyclic amines) is 1. The van der Waals surface area contributed by atoms with Gasteiger partial charge in [0.25, 0.3) is 5.91 Å². The van der Waals surface area contributed by atoms with Crippen molar-refractivity contribution in [3.05, 3.63) is 42.3 Å². The summed E-state index contributed by atoms with van der Waals surface area (Å²) >= 11 is 0. The van der Waals surface area contributed by atoms with E-state index in [1.54, 1.807) is 35.7 Å². The number of aliphatic hydroxyl groups is 1. The molecule has 0 spiro atoms. The van der Waals surface area contributed by atoms with Gasteiger partial charge in [-0.25, -0.2) is 27.7 Å². The summed E-state index contributed by atoms with van der Waals surface area (Å²) in [5.74, 6) is 0.129. The van der Waals surface area contributed by atoms with Crippen LogP contribution in [0.4, 0.5) is 5.95 Å². The van der Waals surface area contributed by atoms with Crippen molar-refractivity contribution in [1.82, 2.24) is 29.3 Å². The maximum Gasteiger partial charge on any atom is 0.262 e. The fourth-order valence-electron chi connectivity index (χ4n) is 4.98. The standard InChI is InChI=1S/C25H29N7O5S/c1-31-14-10-25(34,23(31)33)22-15-21(30-37-22)19-4-2-3-18(28-19)20-7-11-26-24(29-20)27-16-8-12-32(13-9-16)38(35,36)17-5-6-17/h2-4,7,11,15-17,34H,5-6,8-10,12-14H2,1H3,(H,26,27,29)/t25-/m1/s1. The smallest absolute Gasteiger partial charge is 0.262 e. The van der Waals surface area contributed by atoms with E-state index in [9.17, 15) is 18.3 Å². The molecule has 3 aliphatic rings. The van der Waals surface area contributed by atoms with Gasteiger partial charge in [0.2, 0.25) is 21.6 Å². The van der Waals surface area contributed by atoms with Gasteiger partial charge in [0, 0.05) is 51.4 Å². The molecule has 0 aromatic carbocycles. The van der Waals surface area contributed by atoms with Crippen molar-refractivity contribution in [3.8, 4) is 22.8 Å². The van der Waals surface area contributed by atoms with E-state index in [0.717, 1.165) is 12.8 Å². The molecule has 5 heterocycles. The molecule has 1 amide bonds. The fourth-order valence-corrected chi connectivity index (χ4v) is 6.85. The van der Waals surface area contributed by atoms with Crippen molar-refractivity contribution < 1.29 is 22.8 Å². The molecule has 2 aliphatic heterocycles. The number of carbonyl (C=O) groups excluding carboxylic acids is 1. The van der Waals surface area contributed by atoms with Gasteiger partial charge in [-0.2, -0.15) is 0 Å². The molecule has 13 heteroatoms. The molecule has 0 radical (unpaired) electrons. The molecular weight excluding hydrogens is 510 g/mol. The summed E-state index contributed by atoms with van der Waals surface area (Å²) < 4.78 is 32.0. The molecule has 3 aromatic rings. The Balaban J connectivity index is 1.15. The summed E-state index contributed by atoms with van der Waals surface area (Å²) in [5, 5.41) is 18.0. The zero-order valence-corrected chi connectivity index (χ0v) is 21.8. The summed E-state index contributed by atoms with van der Waals surface area (Å²) in [5.41, 5.74) is 0.393. The van der Waals surface area contributed by atoms with Crippen LogP contribution in [0.3, 0.4) is 0 Å². The summed E-state index contributed by atoms with van der Waals surface area (Å²) in [6.07, 6.45) is 4.80. The zero-order valence-electron chi connectivity index (χ0n) is 20.9. The van der Waals surface area contributed by atoms with Crippen LogP contribution in [0, 0.1) is 0 Å². The molecule has 38 heavy (non-hydrogen) atoms. The van der Waals surface area contributed by atoms with Crippen molar-refractivity contribution in [2.75, 3.05) is 32.0 Å². The van der Waals surface area contributed by atoms with Crippen LogP contribution in [0.25, 0.3) is 22.8 Å². The zero-order chi connectivity index (χ0) is 26.5. The monoisotopic (exact) mass is 539 g/mol. The minimum atomic E-state index is -3.15. The SMILES string of the molecule is CN1CC[C@@](O)(c2cc(-c3cccc(-c4ccnc(NC5CCN(S(=O)(=O)C6CC6)CC5)n4)n3)no2)C1=O. The number of amides is 1. The van der Waals surface area contributed by atoms with Gasteiger partial charge >= 0.3 is 0 Å². The molecule has 1 saturated carbocycles. The third-order valence-electron chi connectivity index (χ3n) is 7.45. The lowest BCUT2D eigenvalue weighted by Crippen LogP contribution is -2.43. The van der Waals surface area contributed by atoms with Gasteiger partial charge in [0.1, 0.15) is 5.69 Å². The molecule has 0 unspecified atom stereocenters. The normalized spacial score (nSPS) is 23.2. The van der Waals surface area contributed by atoms with Gasteiger partial charge in [-0.15, -0.1) is 0 Å². The van der Waals surface area contributed by atoms with E-state index in [1.165, 1.54) is 4.90 Å². The number of aromatic nitrogens is 4. The van der Waals surface area contributed by atoms with Gasteiger partial charge in [0.15, 0.2) is 5.76 Å². The molecule has 3 fully saturated rings. The average molecular weight is 540 g/mol. The Hall–Kier alpha value is -3.42. The van der Waals surface area contributed by atoms with Gasteiger partial charge < -0.3 is 19.8 Å². The van der Waals surface area contributed by atoms with E-state index in [1.807, 2.05) is 12.1 Å². The first-order valence-electron chi connectivity index (χ1n) is 12.8. The summed E-state index contributed by atoms with van der Waals surface area (Å²) in [6.45, 7) is 1.43. The van der Waals surface area contributed by atoms with Crippen molar-refractivity contribution >= 4 is 21.9 Å². The van der Waals surface area contributed by atoms with Gasteiger partial charge in [-0.3, -0.25) is 4.79 Å². The number of piperidine rings is 1. The lowest BCUT2D eigenvalue weighted by atomic mass is 9.98. The summed E-state index contributed by atoms with van der Waals surface area (Å²) in [4.78, 5) is 27.5. The third-order valence-corrected chi connectivity index (χ3v) is 9.85. The molecule has 6 rings (SSSR count). The van der Waals surface area contributed by atoms with Crippen molar-refractivity contribution in [2.24, 2.45) is 0 Å². The third kappa shape index (κ3) is 4.54. The Bertz CT molecular complexity index is 1470. The van der Waals surface area contributed by atoms with Crippen LogP contribution in [0.5, 0.6) is 0 Å². The number of hydrogen-bond acceptors (Lipinski definition) is 10. The first kappa shape index (κ1) is 24.9. The van der Waals surface area contributed by atoms with E-state index in [4.69, 9.17) is 4.52 Å². The molecule has 12 nitrogen and oxygen atoms in total. The van der Waals surface area contributed by atoms with Crippen LogP contribution in [-0.2, 0) is 20.4 Å². The Labute approximate surface area is 220 Å². The van der Waals surface area contributed by atoms with Crippen LogP contribution in [0.15, 0.2) is 41.1 Å². The van der Waals surface area contributed by atoms with E-state index in [2.05, 4.69) is 25.4 Å². The van der Waals surface area contributed by atoms with Crippen LogP contribution in [-0.4, -0.2) is 86.7 Å². The van der Waals surface area contributed by atoms with Crippen LogP contribution < -0.4 is 5.32 Å². The predicted octanol–water partition coefficient (Wildman–Crippen LogP) is 1.61. The highest BCUT2D eigenvalue weighted by atomic mass is 32.2. The topological polar surface area (TPSA) is 155 Å². The number of carbonyl (C=O) groups is 1. The summed E-state index contributed by atoms with van der Waals surface area (Å²) in [7, 11) is -1.51. The maximum atomic E-state index is 12.5. The minimum Gasteiger partial charge on any atom is -0.373 e. The Kier molecular flexibility index (Phi) is 6.16. The maximum absolute atomic E-state index is 12.5. The van der Waals surface area contributed by atoms with Crippen molar-refractivity contribution in [2.45, 2.75) is 49.0 Å². The number of pyridine rings is 1. The van der Waals surface area contributed by atoms with Crippen LogP contribution in [0.2, 0.25) is 0 Å². The number of hydrogen-bond donors (Lipinski definition) is 2. The van der Waals surface area contributed by atoms with Gasteiger partial charge in [0.05, 0.1) is 22.3 Å². The summed E-state index contributed by atoms with van der Waals surface area (Å²) in [6, 6.07) is 8.79. The largest absolute Gasteiger partial charge is 0.373 e. The highest BCUT2D eigenvalue weighted by Gasteiger charge is 2.48. The number of nitrogens with zero attached hydrogens (tertiary/aromatic N) is 6. The highest BCUT2D eigenvalue weighted by Crippen LogP contribution is 2.35. The molecule has 200 valence electrons. The van der Waals surface area contributed by atoms with Gasteiger partial charge in [-0.05, 0) is 43.9 Å². The second kappa shape index (κ2) is 9.40. The Morgan fingerprint density at radius 1 is 1.03 bits per heavy atom. The van der Waals surface area contributed by atoms with E-state index < -0.39 is 21.5 Å². The predicted molar refractivity (Wildman–Crippen MR) is 137 cm³/mol. The Morgan fingerprint density at radius 2 is 1.74 bits per heavy atom. The first-order chi connectivity index (χ1) is 18.2. The number of sulfonamides is 1. The van der Waals surface area contributed by atoms with E-state index >= 15 is 0 Å². The first-order valence-corrected chi connectivity index (χ1v) is 14.3. The van der Waals surface area contributed by atoms with Crippen molar-refractivity contribution in [1.29, 1.82) is 0 Å². The quantitative estimate of drug-likeness (QED) is 0.452. The van der Waals surface area contributed by atoms with Crippen LogP contribution >= 0.6 is 0 Å². The molecule has 0 bridgehead atoms.